The van der Waals surface area contributed by atoms with Crippen LogP contribution in [0.5, 0.6) is 23.0 Å². The first-order valence-corrected chi connectivity index (χ1v) is 11.0. The molecule has 0 spiro atoms. The van der Waals surface area contributed by atoms with Crippen molar-refractivity contribution in [3.8, 4) is 23.0 Å². The number of nitrogens with one attached hydrogen (secondary N) is 1. The number of hydrogen-bond donors (Lipinski definition) is 1. The van der Waals surface area contributed by atoms with Gasteiger partial charge in [0.15, 0.2) is 23.8 Å². The first kappa shape index (κ1) is 22.7. The van der Waals surface area contributed by atoms with Crippen LogP contribution >= 0.6 is 11.6 Å². The Hall–Kier alpha value is -3.08. The zero-order chi connectivity index (χ0) is 23.8. The number of halogens is 2. The topological polar surface area (TPSA) is 93.2 Å². The molecule has 0 radical (unpaired) electrons. The lowest BCUT2D eigenvalue weighted by Crippen LogP contribution is -2.33. The van der Waals surface area contributed by atoms with Gasteiger partial charge < -0.3 is 33.7 Å². The Morgan fingerprint density at radius 2 is 1.68 bits per heavy atom. The van der Waals surface area contributed by atoms with E-state index in [1.165, 1.54) is 20.5 Å². The van der Waals surface area contributed by atoms with Crippen molar-refractivity contribution in [2.24, 2.45) is 0 Å². The molecule has 2 fully saturated rings. The van der Waals surface area contributed by atoms with E-state index in [4.69, 9.17) is 40.0 Å². The average molecular weight is 492 g/mol. The minimum absolute atomic E-state index is 0.00521. The van der Waals surface area contributed by atoms with Gasteiger partial charge in [0.05, 0.1) is 50.8 Å². The number of anilines is 2. The third kappa shape index (κ3) is 4.02. The fourth-order valence-corrected chi connectivity index (χ4v) is 4.41. The summed E-state index contributed by atoms with van der Waals surface area (Å²) in [6.45, 7) is 0.233. The molecular weight excluding hydrogens is 469 g/mol. The lowest BCUT2D eigenvalue weighted by atomic mass is 10.1. The van der Waals surface area contributed by atoms with E-state index in [-0.39, 0.29) is 13.2 Å². The molecule has 4 atom stereocenters. The van der Waals surface area contributed by atoms with Gasteiger partial charge in [-0.25, -0.2) is 14.4 Å². The van der Waals surface area contributed by atoms with Crippen LogP contribution in [0.1, 0.15) is 0 Å². The molecule has 2 aromatic carbocycles. The van der Waals surface area contributed by atoms with Gasteiger partial charge in [0.25, 0.3) is 0 Å². The highest BCUT2D eigenvalue weighted by Crippen LogP contribution is 2.40. The smallest absolute Gasteiger partial charge is 0.164 e. The molecule has 0 saturated carbocycles. The summed E-state index contributed by atoms with van der Waals surface area (Å²) in [7, 11) is 4.62. The molecule has 180 valence electrons. The van der Waals surface area contributed by atoms with Crippen LogP contribution in [0, 0.1) is 0 Å². The molecule has 1 unspecified atom stereocenters. The number of methoxy groups -OCH3 is 3. The van der Waals surface area contributed by atoms with Crippen LogP contribution in [0.3, 0.4) is 0 Å². The van der Waals surface area contributed by atoms with Crippen molar-refractivity contribution in [3.05, 3.63) is 35.6 Å². The Balaban J connectivity index is 1.48. The van der Waals surface area contributed by atoms with Gasteiger partial charge >= 0.3 is 0 Å². The third-order valence-corrected chi connectivity index (χ3v) is 6.17. The number of aromatic nitrogens is 2. The first-order chi connectivity index (χ1) is 16.5. The summed E-state index contributed by atoms with van der Waals surface area (Å²) in [5.41, 5.74) is 1.22. The van der Waals surface area contributed by atoms with E-state index in [0.29, 0.717) is 50.4 Å². The van der Waals surface area contributed by atoms with Crippen molar-refractivity contribution in [1.82, 2.24) is 9.97 Å². The van der Waals surface area contributed by atoms with Gasteiger partial charge in [-0.15, -0.1) is 0 Å². The summed E-state index contributed by atoms with van der Waals surface area (Å²) in [5, 5.41) is 4.36. The maximum absolute atomic E-state index is 13.9. The van der Waals surface area contributed by atoms with Gasteiger partial charge in [-0.2, -0.15) is 0 Å². The second-order valence-electron chi connectivity index (χ2n) is 7.82. The maximum atomic E-state index is 13.9. The van der Waals surface area contributed by atoms with E-state index in [2.05, 4.69) is 15.3 Å². The van der Waals surface area contributed by atoms with Crippen molar-refractivity contribution in [3.63, 3.8) is 0 Å². The molecule has 3 heterocycles. The molecule has 34 heavy (non-hydrogen) atoms. The molecule has 0 amide bonds. The number of fused-ring (bicyclic) bond motifs is 2. The van der Waals surface area contributed by atoms with E-state index < -0.39 is 24.5 Å². The first-order valence-electron chi connectivity index (χ1n) is 10.6. The van der Waals surface area contributed by atoms with Crippen molar-refractivity contribution in [2.75, 3.05) is 39.9 Å². The standard InChI is InChI=1S/C23H23ClFN3O6/c1-29-16-7-15(17(30-2)5-12(16)24)28-23-11-4-18(31-3)19(6-14(11)26-10-27-23)34-20-9-33-21-13(25)8-32-22(20)21/h4-7,10,13,20-22H,8-9H2,1-3H3,(H,26,27,28)/t13-,20?,21+,22+/m1/s1. The van der Waals surface area contributed by atoms with E-state index in [1.807, 2.05) is 0 Å². The Bertz CT molecular complexity index is 1220. The highest BCUT2D eigenvalue weighted by molar-refractivity contribution is 6.32. The van der Waals surface area contributed by atoms with Gasteiger partial charge in [-0.05, 0) is 6.07 Å². The van der Waals surface area contributed by atoms with Crippen LogP contribution < -0.4 is 24.3 Å². The van der Waals surface area contributed by atoms with Crippen LogP contribution in [0.2, 0.25) is 5.02 Å². The maximum Gasteiger partial charge on any atom is 0.164 e. The Morgan fingerprint density at radius 3 is 2.44 bits per heavy atom. The fraction of sp³-hybridized carbons (Fsp3) is 0.391. The Labute approximate surface area is 200 Å². The lowest BCUT2D eigenvalue weighted by molar-refractivity contribution is 0.0271. The summed E-state index contributed by atoms with van der Waals surface area (Å²) >= 11 is 6.22. The highest BCUT2D eigenvalue weighted by atomic mass is 35.5. The second kappa shape index (κ2) is 9.28. The monoisotopic (exact) mass is 491 g/mol. The van der Waals surface area contributed by atoms with E-state index in [9.17, 15) is 4.39 Å². The van der Waals surface area contributed by atoms with Gasteiger partial charge in [-0.3, -0.25) is 0 Å². The SMILES string of the molecule is COc1cc(Nc2ncnc3cc(OC4CO[C@H]5[C@H](F)CO[C@@H]45)c(OC)cc23)c(OC)cc1Cl. The van der Waals surface area contributed by atoms with Gasteiger partial charge in [0, 0.05) is 23.6 Å². The minimum Gasteiger partial charge on any atom is -0.495 e. The summed E-state index contributed by atoms with van der Waals surface area (Å²) in [5.74, 6) is 2.43. The number of benzene rings is 2. The fourth-order valence-electron chi connectivity index (χ4n) is 4.18. The quantitative estimate of drug-likeness (QED) is 0.527. The molecule has 2 aliphatic rings. The molecule has 5 rings (SSSR count). The molecule has 2 aliphatic heterocycles. The number of ether oxygens (including phenoxy) is 6. The second-order valence-corrected chi connectivity index (χ2v) is 8.23. The molecule has 0 aliphatic carbocycles. The van der Waals surface area contributed by atoms with Gasteiger partial charge in [-0.1, -0.05) is 11.6 Å². The van der Waals surface area contributed by atoms with Gasteiger partial charge in [0.1, 0.15) is 35.9 Å². The van der Waals surface area contributed by atoms with Crippen LogP contribution in [0.25, 0.3) is 10.9 Å². The number of hydrogen-bond acceptors (Lipinski definition) is 9. The zero-order valence-electron chi connectivity index (χ0n) is 18.7. The summed E-state index contributed by atoms with van der Waals surface area (Å²) < 4.78 is 47.5. The lowest BCUT2D eigenvalue weighted by Gasteiger charge is -2.20. The number of rotatable bonds is 7. The van der Waals surface area contributed by atoms with Crippen molar-refractivity contribution in [1.29, 1.82) is 0 Å². The van der Waals surface area contributed by atoms with Crippen LogP contribution in [-0.2, 0) is 9.47 Å². The summed E-state index contributed by atoms with van der Waals surface area (Å²) in [4.78, 5) is 8.76. The van der Waals surface area contributed by atoms with E-state index in [0.717, 1.165) is 0 Å². The van der Waals surface area contributed by atoms with Crippen LogP contribution in [-0.4, -0.2) is 69.0 Å². The minimum atomic E-state index is -1.15. The largest absolute Gasteiger partial charge is 0.495 e. The van der Waals surface area contributed by atoms with Crippen molar-refractivity contribution in [2.45, 2.75) is 24.5 Å². The van der Waals surface area contributed by atoms with Crippen LogP contribution in [0.4, 0.5) is 15.9 Å². The molecule has 9 nitrogen and oxygen atoms in total. The predicted molar refractivity (Wildman–Crippen MR) is 123 cm³/mol. The molecular formula is C23H23ClFN3O6. The summed E-state index contributed by atoms with van der Waals surface area (Å²) in [6, 6.07) is 6.89. The Kier molecular flexibility index (Phi) is 6.20. The average Bonchev–Trinajstić information content (AvgIpc) is 3.42. The van der Waals surface area contributed by atoms with Gasteiger partial charge in [0.2, 0.25) is 0 Å². The predicted octanol–water partition coefficient (Wildman–Crippen LogP) is 3.94. The van der Waals surface area contributed by atoms with Crippen LogP contribution in [0.15, 0.2) is 30.6 Å². The summed E-state index contributed by atoms with van der Waals surface area (Å²) in [6.07, 6.45) is -1.25. The van der Waals surface area contributed by atoms with E-state index >= 15 is 0 Å². The molecule has 1 N–H and O–H groups in total. The van der Waals surface area contributed by atoms with Crippen molar-refractivity contribution >= 4 is 34.0 Å². The third-order valence-electron chi connectivity index (χ3n) is 5.87. The van der Waals surface area contributed by atoms with Crippen molar-refractivity contribution < 1.29 is 32.8 Å². The molecule has 0 bridgehead atoms. The zero-order valence-corrected chi connectivity index (χ0v) is 19.5. The number of nitrogens with zero attached hydrogens (tertiary/aromatic N) is 2. The molecule has 11 heteroatoms. The van der Waals surface area contributed by atoms with E-state index in [1.54, 1.807) is 31.4 Å². The molecule has 1 aromatic heterocycles. The highest BCUT2D eigenvalue weighted by Gasteiger charge is 2.49. The number of alkyl halides is 1. The Morgan fingerprint density at radius 1 is 0.912 bits per heavy atom. The molecule has 2 saturated heterocycles. The normalized spacial score (nSPS) is 23.6. The molecule has 3 aromatic rings.